The molecule has 0 unspecified atom stereocenters. The van der Waals surface area contributed by atoms with E-state index >= 15 is 0 Å². The van der Waals surface area contributed by atoms with Gasteiger partial charge in [0.25, 0.3) is 0 Å². The van der Waals surface area contributed by atoms with E-state index in [0.717, 1.165) is 39.1 Å². The molecule has 90 valence electrons. The van der Waals surface area contributed by atoms with Crippen molar-refractivity contribution >= 4 is 17.2 Å². The topological polar surface area (TPSA) is 53.7 Å². The van der Waals surface area contributed by atoms with Crippen molar-refractivity contribution in [1.82, 2.24) is 0 Å². The Morgan fingerprint density at radius 1 is 1.00 bits per heavy atom. The number of nitrogens with two attached hydrogens (primary N) is 1. The van der Waals surface area contributed by atoms with Gasteiger partial charge in [-0.2, -0.15) is 0 Å². The van der Waals surface area contributed by atoms with E-state index in [9.17, 15) is 0 Å². The lowest BCUT2D eigenvalue weighted by atomic mass is 10.3. The number of thiocarbonyl (C=S) groups is 1. The second-order valence-electron chi connectivity index (χ2n) is 3.14. The first-order valence-corrected chi connectivity index (χ1v) is 5.61. The van der Waals surface area contributed by atoms with E-state index in [-0.39, 0.29) is 0 Å². The summed E-state index contributed by atoms with van der Waals surface area (Å²) in [5, 5.41) is 0. The van der Waals surface area contributed by atoms with Crippen molar-refractivity contribution in [3.05, 3.63) is 0 Å². The summed E-state index contributed by atoms with van der Waals surface area (Å²) in [6.07, 6.45) is 2.58. The smallest absolute Gasteiger partial charge is 0.0728 e. The molecule has 0 atom stereocenters. The SMILES string of the molecule is COCCOCCCOCCCC(N)=S. The molecule has 0 bridgehead atoms. The largest absolute Gasteiger partial charge is 0.393 e. The Labute approximate surface area is 97.1 Å². The molecule has 0 aliphatic heterocycles. The molecule has 4 nitrogen and oxygen atoms in total. The molecular formula is C10H21NO3S. The van der Waals surface area contributed by atoms with Crippen LogP contribution in [0.3, 0.4) is 0 Å². The normalized spacial score (nSPS) is 10.5. The molecule has 0 saturated heterocycles. The molecule has 0 spiro atoms. The summed E-state index contributed by atoms with van der Waals surface area (Å²) < 4.78 is 15.5. The summed E-state index contributed by atoms with van der Waals surface area (Å²) in [6, 6.07) is 0. The molecule has 0 heterocycles. The van der Waals surface area contributed by atoms with E-state index in [1.165, 1.54) is 0 Å². The Morgan fingerprint density at radius 2 is 1.60 bits per heavy atom. The van der Waals surface area contributed by atoms with Crippen molar-refractivity contribution in [3.63, 3.8) is 0 Å². The van der Waals surface area contributed by atoms with Crippen molar-refractivity contribution in [1.29, 1.82) is 0 Å². The molecule has 0 amide bonds. The van der Waals surface area contributed by atoms with Crippen molar-refractivity contribution in [2.45, 2.75) is 19.3 Å². The molecule has 0 aliphatic carbocycles. The fourth-order valence-corrected chi connectivity index (χ4v) is 1.10. The van der Waals surface area contributed by atoms with Crippen LogP contribution in [0.1, 0.15) is 19.3 Å². The van der Waals surface area contributed by atoms with Gasteiger partial charge in [0.15, 0.2) is 0 Å². The Bertz CT molecular complexity index is 156. The van der Waals surface area contributed by atoms with Crippen LogP contribution in [0.25, 0.3) is 0 Å². The molecule has 0 fully saturated rings. The molecule has 0 aromatic heterocycles. The highest BCUT2D eigenvalue weighted by Crippen LogP contribution is 1.92. The van der Waals surface area contributed by atoms with Crippen LogP contribution >= 0.6 is 12.2 Å². The fraction of sp³-hybridized carbons (Fsp3) is 0.900. The Kier molecular flexibility index (Phi) is 11.7. The summed E-state index contributed by atoms with van der Waals surface area (Å²) in [7, 11) is 1.66. The molecule has 0 aliphatic rings. The highest BCUT2D eigenvalue weighted by molar-refractivity contribution is 7.80. The maximum atomic E-state index is 5.36. The molecule has 0 aromatic rings. The zero-order chi connectivity index (χ0) is 11.4. The summed E-state index contributed by atoms with van der Waals surface area (Å²) in [6.45, 7) is 3.46. The van der Waals surface area contributed by atoms with Crippen molar-refractivity contribution in [3.8, 4) is 0 Å². The van der Waals surface area contributed by atoms with Crippen LogP contribution in [0, 0.1) is 0 Å². The monoisotopic (exact) mass is 235 g/mol. The lowest BCUT2D eigenvalue weighted by Gasteiger charge is -2.05. The lowest BCUT2D eigenvalue weighted by molar-refractivity contribution is 0.0513. The number of hydrogen-bond donors (Lipinski definition) is 1. The Morgan fingerprint density at radius 3 is 2.20 bits per heavy atom. The van der Waals surface area contributed by atoms with Crippen LogP contribution in [-0.2, 0) is 14.2 Å². The summed E-state index contributed by atoms with van der Waals surface area (Å²) in [5.41, 5.74) is 5.35. The predicted molar refractivity (Wildman–Crippen MR) is 64.2 cm³/mol. The number of rotatable bonds is 11. The minimum absolute atomic E-state index is 0.557. The van der Waals surface area contributed by atoms with Gasteiger partial charge in [-0.3, -0.25) is 0 Å². The van der Waals surface area contributed by atoms with Gasteiger partial charge in [-0.15, -0.1) is 0 Å². The zero-order valence-electron chi connectivity index (χ0n) is 9.37. The maximum absolute atomic E-state index is 5.36. The third-order valence-corrected chi connectivity index (χ3v) is 1.93. The molecule has 0 rings (SSSR count). The van der Waals surface area contributed by atoms with E-state index in [4.69, 9.17) is 32.2 Å². The molecule has 0 radical (unpaired) electrons. The van der Waals surface area contributed by atoms with Crippen LogP contribution < -0.4 is 5.73 Å². The van der Waals surface area contributed by atoms with Gasteiger partial charge < -0.3 is 19.9 Å². The second-order valence-corrected chi connectivity index (χ2v) is 3.67. The quantitative estimate of drug-likeness (QED) is 0.430. The first kappa shape index (κ1) is 14.8. The lowest BCUT2D eigenvalue weighted by Crippen LogP contribution is -2.09. The molecule has 2 N–H and O–H groups in total. The van der Waals surface area contributed by atoms with Gasteiger partial charge in [0, 0.05) is 26.9 Å². The highest BCUT2D eigenvalue weighted by atomic mass is 32.1. The van der Waals surface area contributed by atoms with Gasteiger partial charge in [0.1, 0.15) is 0 Å². The van der Waals surface area contributed by atoms with E-state index in [0.29, 0.717) is 18.2 Å². The van der Waals surface area contributed by atoms with Crippen molar-refractivity contribution in [2.75, 3.05) is 40.1 Å². The van der Waals surface area contributed by atoms with Crippen LogP contribution in [0.4, 0.5) is 0 Å². The zero-order valence-corrected chi connectivity index (χ0v) is 10.2. The number of ether oxygens (including phenoxy) is 3. The Balaban J connectivity index is 2.89. The van der Waals surface area contributed by atoms with Crippen LogP contribution in [0.2, 0.25) is 0 Å². The third-order valence-electron chi connectivity index (χ3n) is 1.72. The minimum Gasteiger partial charge on any atom is -0.393 e. The average molecular weight is 235 g/mol. The summed E-state index contributed by atoms with van der Waals surface area (Å²) in [4.78, 5) is 0.557. The van der Waals surface area contributed by atoms with Gasteiger partial charge in [-0.1, -0.05) is 12.2 Å². The highest BCUT2D eigenvalue weighted by Gasteiger charge is 1.92. The predicted octanol–water partition coefficient (Wildman–Crippen LogP) is 1.12. The molecular weight excluding hydrogens is 214 g/mol. The first-order valence-electron chi connectivity index (χ1n) is 5.20. The average Bonchev–Trinajstić information content (AvgIpc) is 2.20. The second kappa shape index (κ2) is 11.8. The number of hydrogen-bond acceptors (Lipinski definition) is 4. The van der Waals surface area contributed by atoms with Gasteiger partial charge in [0.05, 0.1) is 18.2 Å². The van der Waals surface area contributed by atoms with Crippen LogP contribution in [0.15, 0.2) is 0 Å². The van der Waals surface area contributed by atoms with Crippen LogP contribution in [-0.4, -0.2) is 45.1 Å². The number of methoxy groups -OCH3 is 1. The molecule has 5 heteroatoms. The fourth-order valence-electron chi connectivity index (χ4n) is 0.958. The maximum Gasteiger partial charge on any atom is 0.0728 e. The van der Waals surface area contributed by atoms with Crippen molar-refractivity contribution < 1.29 is 14.2 Å². The standard InChI is InChI=1S/C10H21NO3S/c1-12-8-9-14-7-3-6-13-5-2-4-10(11)15/h2-9H2,1H3,(H2,11,15). The Hall–Kier alpha value is -0.230. The molecule has 0 aromatic carbocycles. The van der Waals surface area contributed by atoms with Gasteiger partial charge in [-0.05, 0) is 19.3 Å². The molecule has 0 saturated carbocycles. The summed E-state index contributed by atoms with van der Waals surface area (Å²) in [5.74, 6) is 0. The van der Waals surface area contributed by atoms with Gasteiger partial charge in [0.2, 0.25) is 0 Å². The third kappa shape index (κ3) is 13.8. The first-order chi connectivity index (χ1) is 7.27. The van der Waals surface area contributed by atoms with Gasteiger partial charge in [-0.25, -0.2) is 0 Å². The summed E-state index contributed by atoms with van der Waals surface area (Å²) >= 11 is 4.75. The van der Waals surface area contributed by atoms with Gasteiger partial charge >= 0.3 is 0 Å². The van der Waals surface area contributed by atoms with Crippen LogP contribution in [0.5, 0.6) is 0 Å². The van der Waals surface area contributed by atoms with Crippen molar-refractivity contribution in [2.24, 2.45) is 5.73 Å². The minimum atomic E-state index is 0.557. The van der Waals surface area contributed by atoms with E-state index < -0.39 is 0 Å². The molecule has 15 heavy (non-hydrogen) atoms. The van der Waals surface area contributed by atoms with E-state index in [1.54, 1.807) is 7.11 Å². The van der Waals surface area contributed by atoms with E-state index in [1.807, 2.05) is 0 Å². The van der Waals surface area contributed by atoms with E-state index in [2.05, 4.69) is 0 Å².